The largest absolute Gasteiger partial charge is 0.380 e. The van der Waals surface area contributed by atoms with Crippen LogP contribution >= 0.6 is 0 Å². The van der Waals surface area contributed by atoms with Crippen molar-refractivity contribution >= 4 is 17.2 Å². The van der Waals surface area contributed by atoms with Crippen LogP contribution in [0.5, 0.6) is 0 Å². The molecule has 10 heteroatoms. The summed E-state index contributed by atoms with van der Waals surface area (Å²) in [7, 11) is 1.71. The fraction of sp³-hybridized carbons (Fsp3) is 0.393. The summed E-state index contributed by atoms with van der Waals surface area (Å²) in [5.41, 5.74) is 9.60. The first-order valence-corrected chi connectivity index (χ1v) is 12.8. The number of nitrogens with two attached hydrogens (primary N) is 1. The maximum Gasteiger partial charge on any atom is 0.229 e. The first-order valence-electron chi connectivity index (χ1n) is 12.8. The zero-order valence-electron chi connectivity index (χ0n) is 21.3. The number of anilines is 2. The van der Waals surface area contributed by atoms with Crippen LogP contribution in [0.1, 0.15) is 42.7 Å². The van der Waals surface area contributed by atoms with Gasteiger partial charge in [0.05, 0.1) is 54.2 Å². The topological polar surface area (TPSA) is 99.6 Å². The van der Waals surface area contributed by atoms with Crippen molar-refractivity contribution in [3.8, 4) is 11.3 Å². The van der Waals surface area contributed by atoms with Gasteiger partial charge in [-0.05, 0) is 66.1 Å². The van der Waals surface area contributed by atoms with Crippen LogP contribution in [-0.4, -0.2) is 52.1 Å². The highest BCUT2D eigenvalue weighted by Crippen LogP contribution is 2.40. The first-order chi connectivity index (χ1) is 18.4. The molecule has 4 heterocycles. The molecule has 0 unspecified atom stereocenters. The van der Waals surface area contributed by atoms with E-state index in [4.69, 9.17) is 15.2 Å². The number of imidazole rings is 1. The molecule has 1 saturated heterocycles. The standard InChI is InChI=1S/C28H30F2N6O2/c1-15-7-17(10-23(31)27(15)37-2)20-5-6-32-12-25(20)34-28-33-11-19-3-4-24(35-36(19)28)26-21(29)8-16(9-22(26)30)18-13-38-14-18/h3-6,8-9,11-12,15,17-18,23,27H,7,10,13-14,31H2,1-2H3,(H,33,34)/t15-,17+,23+,27+/m0/s1. The molecule has 0 radical (unpaired) electrons. The molecular weight excluding hydrogens is 490 g/mol. The highest BCUT2D eigenvalue weighted by Gasteiger charge is 2.35. The number of aromatic nitrogens is 4. The highest BCUT2D eigenvalue weighted by molar-refractivity contribution is 5.66. The fourth-order valence-electron chi connectivity index (χ4n) is 5.81. The quantitative estimate of drug-likeness (QED) is 0.377. The maximum absolute atomic E-state index is 15.1. The molecule has 2 fully saturated rings. The smallest absolute Gasteiger partial charge is 0.229 e. The van der Waals surface area contributed by atoms with Gasteiger partial charge in [0, 0.05) is 25.3 Å². The van der Waals surface area contributed by atoms with Crippen molar-refractivity contribution in [3.05, 3.63) is 71.7 Å². The summed E-state index contributed by atoms with van der Waals surface area (Å²) < 4.78 is 42.5. The van der Waals surface area contributed by atoms with E-state index in [-0.39, 0.29) is 35.2 Å². The number of nitrogens with zero attached hydrogens (tertiary/aromatic N) is 4. The number of nitrogens with one attached hydrogen (secondary N) is 1. The molecule has 1 saturated carbocycles. The Bertz CT molecular complexity index is 1440. The number of fused-ring (bicyclic) bond motifs is 1. The molecule has 4 aromatic rings. The van der Waals surface area contributed by atoms with Gasteiger partial charge in [0.15, 0.2) is 0 Å². The normalized spacial score (nSPS) is 23.9. The lowest BCUT2D eigenvalue weighted by Gasteiger charge is -2.38. The summed E-state index contributed by atoms with van der Waals surface area (Å²) in [5.74, 6) is -0.347. The molecule has 3 N–H and O–H groups in total. The van der Waals surface area contributed by atoms with E-state index < -0.39 is 11.6 Å². The molecule has 3 aromatic heterocycles. The van der Waals surface area contributed by atoms with Gasteiger partial charge in [0.2, 0.25) is 5.95 Å². The van der Waals surface area contributed by atoms with Crippen molar-refractivity contribution < 1.29 is 18.3 Å². The van der Waals surface area contributed by atoms with E-state index in [0.717, 1.165) is 24.1 Å². The van der Waals surface area contributed by atoms with E-state index in [1.54, 1.807) is 42.3 Å². The summed E-state index contributed by atoms with van der Waals surface area (Å²) in [6.07, 6.45) is 6.92. The minimum atomic E-state index is -0.653. The Morgan fingerprint density at radius 3 is 2.55 bits per heavy atom. The fourth-order valence-corrected chi connectivity index (χ4v) is 5.81. The first kappa shape index (κ1) is 24.8. The highest BCUT2D eigenvalue weighted by atomic mass is 19.1. The van der Waals surface area contributed by atoms with E-state index in [0.29, 0.717) is 36.2 Å². The van der Waals surface area contributed by atoms with Crippen LogP contribution < -0.4 is 11.1 Å². The summed E-state index contributed by atoms with van der Waals surface area (Å²) in [4.78, 5) is 8.79. The average Bonchev–Trinajstić information content (AvgIpc) is 3.25. The van der Waals surface area contributed by atoms with Gasteiger partial charge in [-0.3, -0.25) is 4.98 Å². The number of hydrogen-bond acceptors (Lipinski definition) is 7. The second-order valence-electron chi connectivity index (χ2n) is 10.3. The molecule has 0 bridgehead atoms. The molecule has 2 aliphatic rings. The summed E-state index contributed by atoms with van der Waals surface area (Å²) in [6, 6.07) is 8.00. The van der Waals surface area contributed by atoms with E-state index in [9.17, 15) is 0 Å². The van der Waals surface area contributed by atoms with Crippen molar-refractivity contribution in [2.75, 3.05) is 25.6 Å². The minimum absolute atomic E-state index is 0.0173. The lowest BCUT2D eigenvalue weighted by molar-refractivity contribution is 0.00822. The molecule has 1 aliphatic heterocycles. The molecule has 4 atom stereocenters. The average molecular weight is 521 g/mol. The Kier molecular flexibility index (Phi) is 6.55. The molecule has 0 spiro atoms. The van der Waals surface area contributed by atoms with Gasteiger partial charge in [-0.15, -0.1) is 0 Å². The molecule has 6 rings (SSSR count). The van der Waals surface area contributed by atoms with Gasteiger partial charge >= 0.3 is 0 Å². The number of rotatable bonds is 6. The van der Waals surface area contributed by atoms with Gasteiger partial charge in [-0.25, -0.2) is 13.8 Å². The Balaban J connectivity index is 1.32. The summed E-state index contributed by atoms with van der Waals surface area (Å²) in [5, 5.41) is 7.90. The van der Waals surface area contributed by atoms with Crippen molar-refractivity contribution in [2.24, 2.45) is 11.7 Å². The van der Waals surface area contributed by atoms with Crippen molar-refractivity contribution in [1.29, 1.82) is 0 Å². The molecular formula is C28H30F2N6O2. The second-order valence-corrected chi connectivity index (χ2v) is 10.3. The Morgan fingerprint density at radius 2 is 1.87 bits per heavy atom. The molecule has 1 aromatic carbocycles. The number of ether oxygens (including phenoxy) is 2. The predicted molar refractivity (Wildman–Crippen MR) is 139 cm³/mol. The molecule has 1 aliphatic carbocycles. The van der Waals surface area contributed by atoms with E-state index in [1.807, 2.05) is 6.07 Å². The third-order valence-corrected chi connectivity index (χ3v) is 7.82. The van der Waals surface area contributed by atoms with Gasteiger partial charge < -0.3 is 20.5 Å². The molecule has 198 valence electrons. The number of benzene rings is 1. The zero-order chi connectivity index (χ0) is 26.4. The SMILES string of the molecule is CO[C@H]1[C@H](N)C[C@H](c2ccncc2Nc2ncc3ccc(-c4c(F)cc(C5COC5)cc4F)nn23)C[C@@H]1C. The van der Waals surface area contributed by atoms with E-state index in [1.165, 1.54) is 12.1 Å². The predicted octanol–water partition coefficient (Wildman–Crippen LogP) is 4.78. The molecule has 38 heavy (non-hydrogen) atoms. The number of halogens is 2. The third kappa shape index (κ3) is 4.42. The van der Waals surface area contributed by atoms with E-state index >= 15 is 8.78 Å². The number of hydrogen-bond donors (Lipinski definition) is 2. The summed E-state index contributed by atoms with van der Waals surface area (Å²) in [6.45, 7) is 3.11. The maximum atomic E-state index is 15.1. The molecule has 0 amide bonds. The molecule has 8 nitrogen and oxygen atoms in total. The second kappa shape index (κ2) is 10.0. The Morgan fingerprint density at radius 1 is 1.08 bits per heavy atom. The third-order valence-electron chi connectivity index (χ3n) is 7.82. The van der Waals surface area contributed by atoms with Crippen LogP contribution in [0, 0.1) is 17.6 Å². The van der Waals surface area contributed by atoms with Gasteiger partial charge in [-0.1, -0.05) is 6.92 Å². The van der Waals surface area contributed by atoms with Crippen molar-refractivity contribution in [1.82, 2.24) is 19.6 Å². The number of methoxy groups -OCH3 is 1. The van der Waals surface area contributed by atoms with Crippen LogP contribution in [-0.2, 0) is 9.47 Å². The Hall–Kier alpha value is -3.47. The zero-order valence-corrected chi connectivity index (χ0v) is 21.3. The number of pyridine rings is 1. The van der Waals surface area contributed by atoms with Gasteiger partial charge in [0.1, 0.15) is 11.6 Å². The van der Waals surface area contributed by atoms with Crippen LogP contribution in [0.3, 0.4) is 0 Å². The Labute approximate surface area is 219 Å². The van der Waals surface area contributed by atoms with Gasteiger partial charge in [-0.2, -0.15) is 9.61 Å². The van der Waals surface area contributed by atoms with Crippen LogP contribution in [0.15, 0.2) is 48.9 Å². The lowest BCUT2D eigenvalue weighted by atomic mass is 9.74. The monoisotopic (exact) mass is 520 g/mol. The van der Waals surface area contributed by atoms with Crippen LogP contribution in [0.25, 0.3) is 16.8 Å². The van der Waals surface area contributed by atoms with Crippen molar-refractivity contribution in [3.63, 3.8) is 0 Å². The van der Waals surface area contributed by atoms with E-state index in [2.05, 4.69) is 27.3 Å². The van der Waals surface area contributed by atoms with Gasteiger partial charge in [0.25, 0.3) is 0 Å². The lowest BCUT2D eigenvalue weighted by Crippen LogP contribution is -2.45. The van der Waals surface area contributed by atoms with Crippen molar-refractivity contribution in [2.45, 2.75) is 43.7 Å². The minimum Gasteiger partial charge on any atom is -0.380 e. The van der Waals surface area contributed by atoms with Crippen LogP contribution in [0.4, 0.5) is 20.4 Å². The van der Waals surface area contributed by atoms with Crippen LogP contribution in [0.2, 0.25) is 0 Å². The summed E-state index contributed by atoms with van der Waals surface area (Å²) >= 11 is 0.